The molecule has 0 saturated carbocycles. The first-order chi connectivity index (χ1) is 31.0. The van der Waals surface area contributed by atoms with Crippen LogP contribution in [0.25, 0.3) is 0 Å². The summed E-state index contributed by atoms with van der Waals surface area (Å²) in [5.41, 5.74) is 0. The number of allylic oxidation sites excluding steroid dienone is 11. The van der Waals surface area contributed by atoms with E-state index in [1.165, 1.54) is 179 Å². The van der Waals surface area contributed by atoms with Crippen molar-refractivity contribution in [1.82, 2.24) is 0 Å². The van der Waals surface area contributed by atoms with E-state index in [0.717, 1.165) is 44.9 Å². The van der Waals surface area contributed by atoms with Crippen molar-refractivity contribution >= 4 is 17.9 Å². The van der Waals surface area contributed by atoms with Crippen LogP contribution in [-0.4, -0.2) is 37.2 Å². The Hall–Kier alpha value is -3.15. The lowest BCUT2D eigenvalue weighted by atomic mass is 10.0. The van der Waals surface area contributed by atoms with Crippen LogP contribution in [0.1, 0.15) is 252 Å². The average Bonchev–Trinajstić information content (AvgIpc) is 3.28. The van der Waals surface area contributed by atoms with Crippen LogP contribution < -0.4 is 0 Å². The van der Waals surface area contributed by atoms with Gasteiger partial charge >= 0.3 is 17.9 Å². The van der Waals surface area contributed by atoms with E-state index in [9.17, 15) is 14.4 Å². The molecular weight excluding hydrogens is 781 g/mol. The Labute approximate surface area is 389 Å². The summed E-state index contributed by atoms with van der Waals surface area (Å²) in [6.45, 7) is 6.49. The fourth-order valence-corrected chi connectivity index (χ4v) is 7.45. The maximum atomic E-state index is 12.7. The van der Waals surface area contributed by atoms with Gasteiger partial charge in [-0.15, -0.1) is 0 Å². The van der Waals surface area contributed by atoms with Gasteiger partial charge in [0.25, 0.3) is 0 Å². The fraction of sp³-hybridized carbons (Fsp3) is 0.737. The zero-order valence-corrected chi connectivity index (χ0v) is 41.3. The van der Waals surface area contributed by atoms with Crippen molar-refractivity contribution < 1.29 is 28.6 Å². The highest BCUT2D eigenvalue weighted by Gasteiger charge is 2.18. The SMILES string of the molecule is CCCCCCCCCC=CC=CC=CC=CC=CC=CC(=O)OC(COC(=O)CCCCCCCCCCCCCCC)COC(=O)CCCCCCCCCCCCCCC. The second kappa shape index (κ2) is 51.5. The van der Waals surface area contributed by atoms with Crippen LogP contribution in [0.15, 0.2) is 72.9 Å². The Balaban J connectivity index is 4.59. The van der Waals surface area contributed by atoms with Crippen molar-refractivity contribution in [3.05, 3.63) is 72.9 Å². The molecule has 6 heteroatoms. The van der Waals surface area contributed by atoms with Crippen LogP contribution in [0.4, 0.5) is 0 Å². The molecule has 0 aliphatic heterocycles. The van der Waals surface area contributed by atoms with Crippen molar-refractivity contribution in [1.29, 1.82) is 0 Å². The second-order valence-electron chi connectivity index (χ2n) is 17.6. The van der Waals surface area contributed by atoms with Crippen molar-refractivity contribution in [2.24, 2.45) is 0 Å². The molecule has 0 aromatic carbocycles. The van der Waals surface area contributed by atoms with E-state index in [0.29, 0.717) is 12.8 Å². The van der Waals surface area contributed by atoms with E-state index < -0.39 is 12.1 Å². The van der Waals surface area contributed by atoms with Crippen molar-refractivity contribution in [2.75, 3.05) is 13.2 Å². The minimum Gasteiger partial charge on any atom is -0.462 e. The van der Waals surface area contributed by atoms with Gasteiger partial charge in [0.2, 0.25) is 0 Å². The first-order valence-corrected chi connectivity index (χ1v) is 26.5. The Morgan fingerprint density at radius 1 is 0.349 bits per heavy atom. The van der Waals surface area contributed by atoms with Gasteiger partial charge in [-0.2, -0.15) is 0 Å². The molecular formula is C57H98O6. The van der Waals surface area contributed by atoms with Gasteiger partial charge in [-0.05, 0) is 25.7 Å². The highest BCUT2D eigenvalue weighted by Crippen LogP contribution is 2.15. The van der Waals surface area contributed by atoms with E-state index >= 15 is 0 Å². The lowest BCUT2D eigenvalue weighted by Crippen LogP contribution is -2.30. The number of rotatable bonds is 47. The molecule has 0 fully saturated rings. The Morgan fingerprint density at radius 3 is 0.984 bits per heavy atom. The minimum atomic E-state index is -0.870. The summed E-state index contributed by atoms with van der Waals surface area (Å²) in [5.74, 6) is -1.22. The number of carbonyl (C=O) groups is 3. The van der Waals surface area contributed by atoms with Crippen LogP contribution in [-0.2, 0) is 28.6 Å². The van der Waals surface area contributed by atoms with Gasteiger partial charge in [0.05, 0.1) is 0 Å². The van der Waals surface area contributed by atoms with E-state index in [4.69, 9.17) is 14.2 Å². The lowest BCUT2D eigenvalue weighted by molar-refractivity contribution is -0.163. The molecule has 362 valence electrons. The zero-order valence-electron chi connectivity index (χ0n) is 41.3. The van der Waals surface area contributed by atoms with Crippen molar-refractivity contribution in [3.63, 3.8) is 0 Å². The van der Waals surface area contributed by atoms with E-state index in [-0.39, 0.29) is 25.2 Å². The summed E-state index contributed by atoms with van der Waals surface area (Å²) in [7, 11) is 0. The molecule has 0 radical (unpaired) electrons. The third-order valence-corrected chi connectivity index (χ3v) is 11.5. The maximum Gasteiger partial charge on any atom is 0.331 e. The van der Waals surface area contributed by atoms with E-state index in [1.54, 1.807) is 12.2 Å². The Kier molecular flexibility index (Phi) is 48.9. The molecule has 0 aromatic rings. The highest BCUT2D eigenvalue weighted by molar-refractivity contribution is 5.82. The third-order valence-electron chi connectivity index (χ3n) is 11.5. The molecule has 0 heterocycles. The standard InChI is InChI=1S/C57H98O6/c1-4-7-10-13-16-19-22-25-26-27-28-29-30-33-36-39-42-45-48-51-57(60)63-54(52-61-55(58)49-46-43-40-37-34-31-23-20-17-14-11-8-5-2)53-62-56(59)50-47-44-41-38-35-32-24-21-18-15-12-9-6-3/h26-30,33,36,39,42,45,48,51,54H,4-25,31-32,34-35,37-38,40-41,43-44,46-47,49-50,52-53H2,1-3H3. The van der Waals surface area contributed by atoms with Crippen LogP contribution >= 0.6 is 0 Å². The van der Waals surface area contributed by atoms with Crippen molar-refractivity contribution in [2.45, 2.75) is 258 Å². The molecule has 0 aliphatic carbocycles. The van der Waals surface area contributed by atoms with E-state index in [2.05, 4.69) is 32.9 Å². The van der Waals surface area contributed by atoms with Gasteiger partial charge in [-0.1, -0.05) is 280 Å². The smallest absolute Gasteiger partial charge is 0.331 e. The van der Waals surface area contributed by atoms with Crippen LogP contribution in [0.3, 0.4) is 0 Å². The summed E-state index contributed by atoms with van der Waals surface area (Å²) >= 11 is 0. The number of hydrogen-bond acceptors (Lipinski definition) is 6. The van der Waals surface area contributed by atoms with E-state index in [1.807, 2.05) is 42.5 Å². The zero-order chi connectivity index (χ0) is 45.8. The monoisotopic (exact) mass is 879 g/mol. The third kappa shape index (κ3) is 49.7. The number of hydrogen-bond donors (Lipinski definition) is 0. The molecule has 0 bridgehead atoms. The molecule has 0 saturated heterocycles. The molecule has 0 atom stereocenters. The van der Waals surface area contributed by atoms with Gasteiger partial charge in [0, 0.05) is 18.9 Å². The molecule has 0 N–H and O–H groups in total. The largest absolute Gasteiger partial charge is 0.462 e. The summed E-state index contributed by atoms with van der Waals surface area (Å²) in [5, 5.41) is 0. The summed E-state index contributed by atoms with van der Waals surface area (Å²) in [6, 6.07) is 0. The number of carbonyl (C=O) groups excluding carboxylic acids is 3. The predicted octanol–water partition coefficient (Wildman–Crippen LogP) is 17.4. The van der Waals surface area contributed by atoms with Gasteiger partial charge < -0.3 is 14.2 Å². The van der Waals surface area contributed by atoms with Gasteiger partial charge in [0.1, 0.15) is 13.2 Å². The highest BCUT2D eigenvalue weighted by atomic mass is 16.6. The molecule has 0 unspecified atom stereocenters. The average molecular weight is 879 g/mol. The quantitative estimate of drug-likeness (QED) is 0.0199. The Bertz CT molecular complexity index is 1150. The van der Waals surface area contributed by atoms with Gasteiger partial charge in [-0.25, -0.2) is 4.79 Å². The topological polar surface area (TPSA) is 78.9 Å². The number of unbranched alkanes of at least 4 members (excludes halogenated alkanes) is 31. The summed E-state index contributed by atoms with van der Waals surface area (Å²) in [6.07, 6.45) is 65.2. The molecule has 0 aromatic heterocycles. The predicted molar refractivity (Wildman–Crippen MR) is 270 cm³/mol. The normalized spacial score (nSPS) is 12.2. The second-order valence-corrected chi connectivity index (χ2v) is 17.6. The minimum absolute atomic E-state index is 0.142. The van der Waals surface area contributed by atoms with Gasteiger partial charge in [-0.3, -0.25) is 9.59 Å². The van der Waals surface area contributed by atoms with Crippen molar-refractivity contribution in [3.8, 4) is 0 Å². The molecule has 0 rings (SSSR count). The fourth-order valence-electron chi connectivity index (χ4n) is 7.45. The number of ether oxygens (including phenoxy) is 3. The molecule has 6 nitrogen and oxygen atoms in total. The summed E-state index contributed by atoms with van der Waals surface area (Å²) < 4.78 is 16.6. The number of esters is 3. The van der Waals surface area contributed by atoms with Crippen LogP contribution in [0, 0.1) is 0 Å². The Morgan fingerprint density at radius 2 is 0.635 bits per heavy atom. The first kappa shape index (κ1) is 59.9. The molecule has 0 aliphatic rings. The molecule has 63 heavy (non-hydrogen) atoms. The lowest BCUT2D eigenvalue weighted by Gasteiger charge is -2.17. The van der Waals surface area contributed by atoms with Crippen LogP contribution in [0.2, 0.25) is 0 Å². The molecule has 0 amide bonds. The summed E-state index contributed by atoms with van der Waals surface area (Å²) in [4.78, 5) is 37.8. The maximum absolute atomic E-state index is 12.7. The molecule has 0 spiro atoms. The first-order valence-electron chi connectivity index (χ1n) is 26.5. The van der Waals surface area contributed by atoms with Gasteiger partial charge in [0.15, 0.2) is 6.10 Å². The van der Waals surface area contributed by atoms with Crippen LogP contribution in [0.5, 0.6) is 0 Å².